The highest BCUT2D eigenvalue weighted by atomic mass is 19.1. The van der Waals surface area contributed by atoms with Crippen molar-refractivity contribution in [3.05, 3.63) is 82.4 Å². The van der Waals surface area contributed by atoms with Gasteiger partial charge in [-0.2, -0.15) is 5.10 Å². The van der Waals surface area contributed by atoms with Crippen LogP contribution in [0, 0.1) is 24.1 Å². The van der Waals surface area contributed by atoms with E-state index in [1.165, 1.54) is 17.7 Å². The van der Waals surface area contributed by atoms with E-state index in [-0.39, 0.29) is 22.9 Å². The second-order valence-electron chi connectivity index (χ2n) is 9.20. The van der Waals surface area contributed by atoms with E-state index in [0.29, 0.717) is 0 Å². The van der Waals surface area contributed by atoms with Gasteiger partial charge < -0.3 is 10.2 Å². The van der Waals surface area contributed by atoms with E-state index < -0.39 is 6.10 Å². The van der Waals surface area contributed by atoms with Crippen molar-refractivity contribution in [3.8, 4) is 11.4 Å². The highest BCUT2D eigenvalue weighted by Gasteiger charge is 2.46. The molecule has 31 heavy (non-hydrogen) atoms. The standard InChI is InChI=1S/C26H27FN2O2/c1-16-12-17(6-11-24(16)30)25(31)22-5-3-4-19-13-23-18(14-26(19,22)2)15-28-29(23)21-9-7-20(27)8-10-21/h6-13,15,22,25,30-31H,3-5,14H2,1-2H3. The number of aliphatic hydroxyl groups is 1. The second kappa shape index (κ2) is 7.34. The van der Waals surface area contributed by atoms with E-state index in [9.17, 15) is 14.6 Å². The number of aliphatic hydroxyl groups excluding tert-OH is 1. The summed E-state index contributed by atoms with van der Waals surface area (Å²) in [5.41, 5.74) is 5.86. The normalized spacial score (nSPS) is 23.6. The number of aromatic hydroxyl groups is 1. The van der Waals surface area contributed by atoms with E-state index in [1.807, 2.05) is 29.9 Å². The van der Waals surface area contributed by atoms with Crippen LogP contribution in [0.25, 0.3) is 11.8 Å². The predicted molar refractivity (Wildman–Crippen MR) is 118 cm³/mol. The minimum Gasteiger partial charge on any atom is -0.508 e. The molecular weight excluding hydrogens is 391 g/mol. The summed E-state index contributed by atoms with van der Waals surface area (Å²) in [6.07, 6.45) is 7.34. The molecule has 2 N–H and O–H groups in total. The molecule has 2 aromatic carbocycles. The second-order valence-corrected chi connectivity index (χ2v) is 9.20. The molecule has 1 fully saturated rings. The van der Waals surface area contributed by atoms with Crippen molar-refractivity contribution in [1.29, 1.82) is 0 Å². The Morgan fingerprint density at radius 2 is 1.97 bits per heavy atom. The van der Waals surface area contributed by atoms with Crippen LogP contribution in [-0.4, -0.2) is 20.0 Å². The third-order valence-electron chi connectivity index (χ3n) is 7.28. The average molecular weight is 419 g/mol. The first-order chi connectivity index (χ1) is 14.9. The van der Waals surface area contributed by atoms with Crippen molar-refractivity contribution in [2.24, 2.45) is 11.3 Å². The first-order valence-corrected chi connectivity index (χ1v) is 10.9. The number of aromatic nitrogens is 2. The molecule has 5 rings (SSSR count). The number of phenols is 1. The van der Waals surface area contributed by atoms with Gasteiger partial charge in [0.25, 0.3) is 0 Å². The third-order valence-corrected chi connectivity index (χ3v) is 7.28. The maximum absolute atomic E-state index is 13.4. The van der Waals surface area contributed by atoms with Crippen LogP contribution < -0.4 is 0 Å². The fourth-order valence-electron chi connectivity index (χ4n) is 5.47. The molecule has 4 nitrogen and oxygen atoms in total. The lowest BCUT2D eigenvalue weighted by Gasteiger charge is -2.47. The highest BCUT2D eigenvalue weighted by molar-refractivity contribution is 5.61. The van der Waals surface area contributed by atoms with Crippen LogP contribution in [0.1, 0.15) is 54.7 Å². The van der Waals surface area contributed by atoms with Gasteiger partial charge in [0.2, 0.25) is 0 Å². The van der Waals surface area contributed by atoms with Crippen LogP contribution >= 0.6 is 0 Å². The number of allylic oxidation sites excluding steroid dienone is 1. The minimum atomic E-state index is -0.596. The number of aryl methyl sites for hydroxylation is 1. The molecule has 3 atom stereocenters. The smallest absolute Gasteiger partial charge is 0.123 e. The van der Waals surface area contributed by atoms with Gasteiger partial charge in [0, 0.05) is 0 Å². The van der Waals surface area contributed by atoms with E-state index in [1.54, 1.807) is 18.2 Å². The monoisotopic (exact) mass is 418 g/mol. The van der Waals surface area contributed by atoms with Crippen molar-refractivity contribution in [3.63, 3.8) is 0 Å². The Morgan fingerprint density at radius 1 is 1.19 bits per heavy atom. The van der Waals surface area contributed by atoms with E-state index in [4.69, 9.17) is 0 Å². The Bertz CT molecular complexity index is 1160. The summed E-state index contributed by atoms with van der Waals surface area (Å²) in [7, 11) is 0. The number of fused-ring (bicyclic) bond motifs is 2. The Balaban J connectivity index is 1.51. The molecule has 160 valence electrons. The van der Waals surface area contributed by atoms with Crippen molar-refractivity contribution in [2.45, 2.75) is 45.6 Å². The Hall–Kier alpha value is -2.92. The Morgan fingerprint density at radius 3 is 2.71 bits per heavy atom. The maximum atomic E-state index is 13.4. The molecule has 2 aliphatic carbocycles. The molecule has 0 radical (unpaired) electrons. The number of hydrogen-bond donors (Lipinski definition) is 2. The third kappa shape index (κ3) is 3.28. The zero-order valence-corrected chi connectivity index (χ0v) is 17.8. The quantitative estimate of drug-likeness (QED) is 0.590. The number of phenolic OH excluding ortho intramolecular Hbond substituents is 1. The van der Waals surface area contributed by atoms with Crippen LogP contribution in [0.3, 0.4) is 0 Å². The SMILES string of the molecule is Cc1cc(C(O)C2CCCC3=Cc4c(cnn4-c4ccc(F)cc4)CC32C)ccc1O. The summed E-state index contributed by atoms with van der Waals surface area (Å²) < 4.78 is 15.2. The number of rotatable bonds is 3. The molecule has 0 aliphatic heterocycles. The molecule has 0 saturated heterocycles. The van der Waals surface area contributed by atoms with Gasteiger partial charge in [-0.15, -0.1) is 0 Å². The lowest BCUT2D eigenvalue weighted by Crippen LogP contribution is -2.40. The van der Waals surface area contributed by atoms with Gasteiger partial charge in [0.15, 0.2) is 0 Å². The summed E-state index contributed by atoms with van der Waals surface area (Å²) >= 11 is 0. The van der Waals surface area contributed by atoms with Crippen molar-refractivity contribution < 1.29 is 14.6 Å². The summed E-state index contributed by atoms with van der Waals surface area (Å²) in [6, 6.07) is 11.8. The molecule has 1 aromatic heterocycles. The van der Waals surface area contributed by atoms with Gasteiger partial charge in [0.05, 0.1) is 23.7 Å². The van der Waals surface area contributed by atoms with Crippen LogP contribution in [-0.2, 0) is 6.42 Å². The van der Waals surface area contributed by atoms with Crippen LogP contribution in [0.5, 0.6) is 5.75 Å². The molecule has 3 aromatic rings. The van der Waals surface area contributed by atoms with Gasteiger partial charge in [0.1, 0.15) is 11.6 Å². The first kappa shape index (κ1) is 20.0. The summed E-state index contributed by atoms with van der Waals surface area (Å²) in [5, 5.41) is 25.8. The highest BCUT2D eigenvalue weighted by Crippen LogP contribution is 2.54. The average Bonchev–Trinajstić information content (AvgIpc) is 3.15. The molecule has 3 unspecified atom stereocenters. The minimum absolute atomic E-state index is 0.0822. The van der Waals surface area contributed by atoms with Gasteiger partial charge >= 0.3 is 0 Å². The largest absolute Gasteiger partial charge is 0.508 e. The fourth-order valence-corrected chi connectivity index (χ4v) is 5.47. The van der Waals surface area contributed by atoms with Crippen LogP contribution in [0.15, 0.2) is 54.2 Å². The molecule has 1 saturated carbocycles. The van der Waals surface area contributed by atoms with Gasteiger partial charge in [-0.3, -0.25) is 0 Å². The predicted octanol–water partition coefficient (Wildman–Crippen LogP) is 5.50. The van der Waals surface area contributed by atoms with Gasteiger partial charge in [-0.25, -0.2) is 9.07 Å². The Labute approximate surface area is 181 Å². The molecular formula is C26H27FN2O2. The topological polar surface area (TPSA) is 58.3 Å². The first-order valence-electron chi connectivity index (χ1n) is 10.9. The van der Waals surface area contributed by atoms with E-state index >= 15 is 0 Å². The fraction of sp³-hybridized carbons (Fsp3) is 0.346. The number of benzene rings is 2. The zero-order valence-electron chi connectivity index (χ0n) is 17.8. The number of hydrogen-bond acceptors (Lipinski definition) is 3. The summed E-state index contributed by atoms with van der Waals surface area (Å²) in [6.45, 7) is 4.12. The lowest BCUT2D eigenvalue weighted by atomic mass is 9.57. The molecule has 5 heteroatoms. The lowest BCUT2D eigenvalue weighted by molar-refractivity contribution is 0.0216. The van der Waals surface area contributed by atoms with E-state index in [2.05, 4.69) is 18.1 Å². The zero-order chi connectivity index (χ0) is 21.8. The summed E-state index contributed by atoms with van der Waals surface area (Å²) in [4.78, 5) is 0. The van der Waals surface area contributed by atoms with Gasteiger partial charge in [-0.1, -0.05) is 18.6 Å². The molecule has 0 amide bonds. The molecule has 2 aliphatic rings. The molecule has 0 spiro atoms. The van der Waals surface area contributed by atoms with Gasteiger partial charge in [-0.05, 0) is 103 Å². The number of halogens is 1. The van der Waals surface area contributed by atoms with E-state index in [0.717, 1.165) is 53.8 Å². The Kier molecular flexibility index (Phi) is 4.74. The molecule has 0 bridgehead atoms. The molecule has 1 heterocycles. The maximum Gasteiger partial charge on any atom is 0.123 e. The van der Waals surface area contributed by atoms with Crippen molar-refractivity contribution in [1.82, 2.24) is 9.78 Å². The van der Waals surface area contributed by atoms with Crippen molar-refractivity contribution in [2.75, 3.05) is 0 Å². The van der Waals surface area contributed by atoms with Crippen molar-refractivity contribution >= 4 is 6.08 Å². The number of nitrogens with zero attached hydrogens (tertiary/aromatic N) is 2. The van der Waals surface area contributed by atoms with Crippen LogP contribution in [0.4, 0.5) is 4.39 Å². The van der Waals surface area contributed by atoms with Crippen LogP contribution in [0.2, 0.25) is 0 Å². The summed E-state index contributed by atoms with van der Waals surface area (Å²) in [5.74, 6) is 0.0740.